The molecule has 0 aromatic rings. The molecule has 0 atom stereocenters. The van der Waals surface area contributed by atoms with E-state index in [0.717, 1.165) is 0 Å². The van der Waals surface area contributed by atoms with Gasteiger partial charge in [0.1, 0.15) is 0 Å². The Hall–Kier alpha value is 1.53. The second-order valence-electron chi connectivity index (χ2n) is 1.09. The van der Waals surface area contributed by atoms with Gasteiger partial charge in [0.05, 0.1) is 0 Å². The SMILES string of the molecule is CC(C)O.[Ba+2].[H-].[H-]. The zero-order valence-electron chi connectivity index (χ0n) is 5.73. The summed E-state index contributed by atoms with van der Waals surface area (Å²) in [5.41, 5.74) is 0. The van der Waals surface area contributed by atoms with Gasteiger partial charge < -0.3 is 7.96 Å². The fraction of sp³-hybridized carbons (Fsp3) is 1.00. The van der Waals surface area contributed by atoms with E-state index in [-0.39, 0.29) is 57.8 Å². The van der Waals surface area contributed by atoms with Crippen LogP contribution in [0.3, 0.4) is 0 Å². The maximum absolute atomic E-state index is 8.06. The zero-order valence-corrected chi connectivity index (χ0v) is 8.17. The second kappa shape index (κ2) is 5.53. The van der Waals surface area contributed by atoms with E-state index in [2.05, 4.69) is 0 Å². The van der Waals surface area contributed by atoms with Crippen LogP contribution in [-0.2, 0) is 0 Å². The van der Waals surface area contributed by atoms with Gasteiger partial charge in [0, 0.05) is 6.10 Å². The normalized spacial score (nSPS) is 7.20. The third-order valence-electron chi connectivity index (χ3n) is 0. The Morgan fingerprint density at radius 3 is 1.60 bits per heavy atom. The van der Waals surface area contributed by atoms with E-state index >= 15 is 0 Å². The molecule has 0 bridgehead atoms. The van der Waals surface area contributed by atoms with Crippen LogP contribution in [0.5, 0.6) is 0 Å². The molecule has 0 amide bonds. The Morgan fingerprint density at radius 1 is 1.60 bits per heavy atom. The first-order valence-electron chi connectivity index (χ1n) is 1.41. The molecular formula is C3H10BaO. The molecule has 5 heavy (non-hydrogen) atoms. The van der Waals surface area contributed by atoms with E-state index in [1.807, 2.05) is 0 Å². The van der Waals surface area contributed by atoms with E-state index < -0.39 is 0 Å². The number of aliphatic hydroxyl groups is 1. The predicted molar refractivity (Wildman–Crippen MR) is 25.3 cm³/mol. The number of hydrogen-bond acceptors (Lipinski definition) is 1. The van der Waals surface area contributed by atoms with Crippen molar-refractivity contribution in [3.63, 3.8) is 0 Å². The summed E-state index contributed by atoms with van der Waals surface area (Å²) in [6.45, 7) is 3.44. The number of aliphatic hydroxyl groups excluding tert-OH is 1. The van der Waals surface area contributed by atoms with Gasteiger partial charge in [-0.15, -0.1) is 0 Å². The molecule has 0 aromatic carbocycles. The van der Waals surface area contributed by atoms with Crippen molar-refractivity contribution in [3.8, 4) is 0 Å². The van der Waals surface area contributed by atoms with Crippen LogP contribution < -0.4 is 0 Å². The maximum Gasteiger partial charge on any atom is 2.00 e. The molecule has 0 fully saturated rings. The third kappa shape index (κ3) is 29.4. The van der Waals surface area contributed by atoms with Crippen molar-refractivity contribution in [3.05, 3.63) is 0 Å². The fourth-order valence-corrected chi connectivity index (χ4v) is 0. The van der Waals surface area contributed by atoms with Gasteiger partial charge >= 0.3 is 48.9 Å². The summed E-state index contributed by atoms with van der Waals surface area (Å²) in [5.74, 6) is 0. The monoisotopic (exact) mass is 200 g/mol. The topological polar surface area (TPSA) is 20.2 Å². The minimum atomic E-state index is -0.167. The van der Waals surface area contributed by atoms with E-state index in [1.165, 1.54) is 0 Å². The Bertz CT molecular complexity index is 17.7. The summed E-state index contributed by atoms with van der Waals surface area (Å²) in [6.07, 6.45) is -0.167. The molecule has 0 saturated carbocycles. The van der Waals surface area contributed by atoms with Gasteiger partial charge in [0.2, 0.25) is 0 Å². The van der Waals surface area contributed by atoms with Gasteiger partial charge in [-0.3, -0.25) is 0 Å². The van der Waals surface area contributed by atoms with Crippen LogP contribution in [0, 0.1) is 0 Å². The summed E-state index contributed by atoms with van der Waals surface area (Å²) in [7, 11) is 0. The molecular weight excluding hydrogens is 189 g/mol. The molecule has 0 heterocycles. The largest absolute Gasteiger partial charge is 2.00 e. The average molecular weight is 199 g/mol. The Morgan fingerprint density at radius 2 is 1.60 bits per heavy atom. The minimum absolute atomic E-state index is 0. The molecule has 0 aromatic heterocycles. The third-order valence-corrected chi connectivity index (χ3v) is 0. The molecule has 2 heteroatoms. The van der Waals surface area contributed by atoms with Crippen LogP contribution in [0.4, 0.5) is 0 Å². The molecule has 0 spiro atoms. The van der Waals surface area contributed by atoms with Gasteiger partial charge in [-0.2, -0.15) is 0 Å². The second-order valence-corrected chi connectivity index (χ2v) is 1.09. The molecule has 1 nitrogen and oxygen atoms in total. The molecule has 0 radical (unpaired) electrons. The average Bonchev–Trinajstić information content (AvgIpc) is 0.811. The molecule has 0 unspecified atom stereocenters. The predicted octanol–water partition coefficient (Wildman–Crippen LogP) is 0.231. The van der Waals surface area contributed by atoms with E-state index in [4.69, 9.17) is 5.11 Å². The van der Waals surface area contributed by atoms with Gasteiger partial charge in [0.25, 0.3) is 0 Å². The van der Waals surface area contributed by atoms with Gasteiger partial charge in [-0.1, -0.05) is 0 Å². The first-order valence-corrected chi connectivity index (χ1v) is 1.41. The molecule has 0 rings (SSSR count). The molecule has 0 aliphatic rings. The molecule has 0 aliphatic heterocycles. The number of hydrogen-bond donors (Lipinski definition) is 1. The van der Waals surface area contributed by atoms with E-state index in [1.54, 1.807) is 13.8 Å². The van der Waals surface area contributed by atoms with Crippen LogP contribution in [0.1, 0.15) is 16.7 Å². The van der Waals surface area contributed by atoms with Crippen molar-refractivity contribution in [2.75, 3.05) is 0 Å². The molecule has 0 saturated heterocycles. The van der Waals surface area contributed by atoms with Gasteiger partial charge in [0.15, 0.2) is 0 Å². The Labute approximate surface area is 75.8 Å². The Kier molecular flexibility index (Phi) is 10.8. The Balaban J connectivity index is -0.0000000150. The minimum Gasteiger partial charge on any atom is -1.00 e. The maximum atomic E-state index is 8.06. The van der Waals surface area contributed by atoms with Crippen molar-refractivity contribution in [2.45, 2.75) is 20.0 Å². The van der Waals surface area contributed by atoms with Crippen LogP contribution in [0.25, 0.3) is 0 Å². The van der Waals surface area contributed by atoms with Crippen molar-refractivity contribution in [1.29, 1.82) is 0 Å². The standard InChI is InChI=1S/C3H8O.Ba.2H/c1-3(2)4;;;/h3-4H,1-2H3;;;/q;+2;2*-1. The van der Waals surface area contributed by atoms with Crippen LogP contribution in [0.15, 0.2) is 0 Å². The van der Waals surface area contributed by atoms with E-state index in [0.29, 0.717) is 0 Å². The van der Waals surface area contributed by atoms with Crippen LogP contribution in [-0.4, -0.2) is 60.1 Å². The van der Waals surface area contributed by atoms with Crippen LogP contribution >= 0.6 is 0 Å². The fourth-order valence-electron chi connectivity index (χ4n) is 0. The molecule has 1 N–H and O–H groups in total. The van der Waals surface area contributed by atoms with E-state index in [9.17, 15) is 0 Å². The first kappa shape index (κ1) is 9.73. The van der Waals surface area contributed by atoms with Crippen molar-refractivity contribution < 1.29 is 7.96 Å². The quantitative estimate of drug-likeness (QED) is 0.554. The van der Waals surface area contributed by atoms with Crippen molar-refractivity contribution >= 4 is 48.9 Å². The summed E-state index contributed by atoms with van der Waals surface area (Å²) in [6, 6.07) is 0. The summed E-state index contributed by atoms with van der Waals surface area (Å²) in [4.78, 5) is 0. The number of rotatable bonds is 0. The molecule has 0 aliphatic carbocycles. The van der Waals surface area contributed by atoms with Crippen LogP contribution in [0.2, 0.25) is 0 Å². The summed E-state index contributed by atoms with van der Waals surface area (Å²) >= 11 is 0. The van der Waals surface area contributed by atoms with Crippen molar-refractivity contribution in [2.24, 2.45) is 0 Å². The van der Waals surface area contributed by atoms with Gasteiger partial charge in [-0.25, -0.2) is 0 Å². The first-order chi connectivity index (χ1) is 1.73. The summed E-state index contributed by atoms with van der Waals surface area (Å²) < 4.78 is 0. The zero-order chi connectivity index (χ0) is 3.58. The van der Waals surface area contributed by atoms with Crippen molar-refractivity contribution in [1.82, 2.24) is 0 Å². The summed E-state index contributed by atoms with van der Waals surface area (Å²) in [5, 5.41) is 8.06. The van der Waals surface area contributed by atoms with Gasteiger partial charge in [-0.05, 0) is 13.8 Å². The smallest absolute Gasteiger partial charge is 1.00 e. The molecule has 30 valence electrons.